The molecule has 0 amide bonds. The number of rotatable bonds is 8. The Morgan fingerprint density at radius 1 is 1.24 bits per heavy atom. The van der Waals surface area contributed by atoms with Crippen molar-refractivity contribution in [3.05, 3.63) is 22.8 Å². The molecule has 0 aliphatic carbocycles. The lowest BCUT2D eigenvalue weighted by Crippen LogP contribution is -2.23. The molecule has 0 radical (unpaired) electrons. The van der Waals surface area contributed by atoms with Gasteiger partial charge < -0.3 is 14.8 Å². The summed E-state index contributed by atoms with van der Waals surface area (Å²) in [6, 6.07) is 0. The van der Waals surface area contributed by atoms with Gasteiger partial charge in [0.05, 0.1) is 12.7 Å². The van der Waals surface area contributed by atoms with E-state index in [9.17, 15) is 0 Å². The first kappa shape index (κ1) is 16.3. The van der Waals surface area contributed by atoms with Crippen LogP contribution in [0.15, 0.2) is 0 Å². The van der Waals surface area contributed by atoms with Crippen LogP contribution in [0.3, 0.4) is 0 Å². The molecule has 1 N–H and O–H groups in total. The maximum Gasteiger partial charge on any atom is 0.131 e. The van der Waals surface area contributed by atoms with Crippen LogP contribution >= 0.6 is 0 Å². The predicted molar refractivity (Wildman–Crippen MR) is 82.6 cm³/mol. The Bertz CT molecular complexity index is 422. The van der Waals surface area contributed by atoms with Crippen LogP contribution in [0.1, 0.15) is 35.6 Å². The molecule has 21 heavy (non-hydrogen) atoms. The molecule has 1 unspecified atom stereocenters. The van der Waals surface area contributed by atoms with E-state index in [1.807, 2.05) is 0 Å². The number of ether oxygens (including phenoxy) is 2. The van der Waals surface area contributed by atoms with Gasteiger partial charge >= 0.3 is 0 Å². The van der Waals surface area contributed by atoms with E-state index >= 15 is 0 Å². The van der Waals surface area contributed by atoms with Gasteiger partial charge in [0.1, 0.15) is 5.82 Å². The van der Waals surface area contributed by atoms with E-state index in [0.29, 0.717) is 6.10 Å². The normalized spacial score (nSPS) is 18.3. The minimum Gasteiger partial charge on any atom is -0.383 e. The van der Waals surface area contributed by atoms with Crippen molar-refractivity contribution in [2.24, 2.45) is 0 Å². The van der Waals surface area contributed by atoms with Crippen LogP contribution < -0.4 is 5.32 Å². The summed E-state index contributed by atoms with van der Waals surface area (Å²) in [4.78, 5) is 9.34. The van der Waals surface area contributed by atoms with E-state index in [1.165, 1.54) is 5.56 Å². The van der Waals surface area contributed by atoms with Crippen molar-refractivity contribution < 1.29 is 9.47 Å². The number of nitrogens with zero attached hydrogens (tertiary/aromatic N) is 2. The number of methoxy groups -OCH3 is 1. The monoisotopic (exact) mass is 293 g/mol. The topological polar surface area (TPSA) is 56.3 Å². The van der Waals surface area contributed by atoms with Gasteiger partial charge in [-0.2, -0.15) is 0 Å². The largest absolute Gasteiger partial charge is 0.383 e. The zero-order valence-corrected chi connectivity index (χ0v) is 13.4. The van der Waals surface area contributed by atoms with Gasteiger partial charge in [-0.15, -0.1) is 0 Å². The van der Waals surface area contributed by atoms with Gasteiger partial charge in [0.15, 0.2) is 0 Å². The molecule has 1 fully saturated rings. The summed E-state index contributed by atoms with van der Waals surface area (Å²) >= 11 is 0. The highest BCUT2D eigenvalue weighted by Crippen LogP contribution is 2.17. The minimum atomic E-state index is 0.311. The molecule has 2 rings (SSSR count). The number of aromatic nitrogens is 2. The summed E-state index contributed by atoms with van der Waals surface area (Å²) in [5.41, 5.74) is 3.46. The van der Waals surface area contributed by atoms with Gasteiger partial charge in [-0.1, -0.05) is 0 Å². The van der Waals surface area contributed by atoms with Gasteiger partial charge in [0.25, 0.3) is 0 Å². The SMILES string of the molecule is COCCNCCc1c(C)nc(CC2CCCO2)nc1C. The van der Waals surface area contributed by atoms with E-state index in [1.54, 1.807) is 7.11 Å². The number of hydrogen-bond acceptors (Lipinski definition) is 5. The highest BCUT2D eigenvalue weighted by molar-refractivity contribution is 5.25. The second-order valence-corrected chi connectivity index (χ2v) is 5.62. The van der Waals surface area contributed by atoms with E-state index in [-0.39, 0.29) is 0 Å². The molecule has 118 valence electrons. The second-order valence-electron chi connectivity index (χ2n) is 5.62. The zero-order chi connectivity index (χ0) is 15.1. The molecule has 1 saturated heterocycles. The Kier molecular flexibility index (Phi) is 6.54. The van der Waals surface area contributed by atoms with Crippen LogP contribution in [0.25, 0.3) is 0 Å². The molecule has 0 spiro atoms. The lowest BCUT2D eigenvalue weighted by Gasteiger charge is -2.13. The third kappa shape index (κ3) is 5.02. The van der Waals surface area contributed by atoms with Crippen LogP contribution in [0.2, 0.25) is 0 Å². The fraction of sp³-hybridized carbons (Fsp3) is 0.750. The molecular weight excluding hydrogens is 266 g/mol. The summed E-state index contributed by atoms with van der Waals surface area (Å²) in [6.45, 7) is 7.60. The first-order valence-electron chi connectivity index (χ1n) is 7.85. The first-order chi connectivity index (χ1) is 10.2. The lowest BCUT2D eigenvalue weighted by atomic mass is 10.1. The number of aryl methyl sites for hydroxylation is 2. The Morgan fingerprint density at radius 2 is 2.00 bits per heavy atom. The third-order valence-electron chi connectivity index (χ3n) is 3.94. The van der Waals surface area contributed by atoms with Crippen molar-refractivity contribution in [3.8, 4) is 0 Å². The molecule has 0 aromatic carbocycles. The fourth-order valence-electron chi connectivity index (χ4n) is 2.78. The molecule has 0 bridgehead atoms. The molecule has 5 nitrogen and oxygen atoms in total. The molecule has 1 aromatic rings. The van der Waals surface area contributed by atoms with E-state index in [0.717, 1.165) is 69.2 Å². The van der Waals surface area contributed by atoms with Gasteiger partial charge in [-0.25, -0.2) is 9.97 Å². The Labute approximate surface area is 127 Å². The average molecular weight is 293 g/mol. The highest BCUT2D eigenvalue weighted by atomic mass is 16.5. The molecule has 1 atom stereocenters. The van der Waals surface area contributed by atoms with Crippen molar-refractivity contribution in [1.82, 2.24) is 15.3 Å². The lowest BCUT2D eigenvalue weighted by molar-refractivity contribution is 0.110. The zero-order valence-electron chi connectivity index (χ0n) is 13.4. The number of nitrogens with one attached hydrogen (secondary N) is 1. The van der Waals surface area contributed by atoms with E-state index < -0.39 is 0 Å². The van der Waals surface area contributed by atoms with Crippen molar-refractivity contribution in [2.75, 3.05) is 33.4 Å². The van der Waals surface area contributed by atoms with Gasteiger partial charge in [0, 0.05) is 38.1 Å². The molecule has 1 aliphatic heterocycles. The van der Waals surface area contributed by atoms with Crippen molar-refractivity contribution in [1.29, 1.82) is 0 Å². The molecule has 0 saturated carbocycles. The van der Waals surface area contributed by atoms with Crippen molar-refractivity contribution >= 4 is 0 Å². The summed E-state index contributed by atoms with van der Waals surface area (Å²) in [6.07, 6.45) is 4.40. The van der Waals surface area contributed by atoms with Crippen LogP contribution in [0, 0.1) is 13.8 Å². The second kappa shape index (κ2) is 8.41. The molecule has 1 aromatic heterocycles. The van der Waals surface area contributed by atoms with Gasteiger partial charge in [-0.3, -0.25) is 0 Å². The third-order valence-corrected chi connectivity index (χ3v) is 3.94. The van der Waals surface area contributed by atoms with Gasteiger partial charge in [-0.05, 0) is 45.2 Å². The fourth-order valence-corrected chi connectivity index (χ4v) is 2.78. The molecular formula is C16H27N3O2. The minimum absolute atomic E-state index is 0.311. The maximum atomic E-state index is 5.67. The predicted octanol–water partition coefficient (Wildman–Crippen LogP) is 1.59. The summed E-state index contributed by atoms with van der Waals surface area (Å²) < 4.78 is 10.7. The van der Waals surface area contributed by atoms with E-state index in [4.69, 9.17) is 9.47 Å². The molecule has 2 heterocycles. The Morgan fingerprint density at radius 3 is 2.62 bits per heavy atom. The van der Waals surface area contributed by atoms with Crippen LogP contribution in [0.5, 0.6) is 0 Å². The first-order valence-corrected chi connectivity index (χ1v) is 7.85. The van der Waals surface area contributed by atoms with Crippen LogP contribution in [0.4, 0.5) is 0 Å². The van der Waals surface area contributed by atoms with Crippen LogP contribution in [-0.4, -0.2) is 49.5 Å². The Hall–Kier alpha value is -1.04. The van der Waals surface area contributed by atoms with Crippen LogP contribution in [-0.2, 0) is 22.3 Å². The smallest absolute Gasteiger partial charge is 0.131 e. The average Bonchev–Trinajstić information content (AvgIpc) is 2.94. The quantitative estimate of drug-likeness (QED) is 0.738. The summed E-state index contributed by atoms with van der Waals surface area (Å²) in [5.74, 6) is 0.924. The maximum absolute atomic E-state index is 5.67. The highest BCUT2D eigenvalue weighted by Gasteiger charge is 2.18. The van der Waals surface area contributed by atoms with Crippen molar-refractivity contribution in [2.45, 2.75) is 45.6 Å². The van der Waals surface area contributed by atoms with E-state index in [2.05, 4.69) is 29.1 Å². The number of hydrogen-bond donors (Lipinski definition) is 1. The summed E-state index contributed by atoms with van der Waals surface area (Å²) in [5, 5.41) is 3.36. The summed E-state index contributed by atoms with van der Waals surface area (Å²) in [7, 11) is 1.72. The molecule has 5 heteroatoms. The standard InChI is InChI=1S/C16H27N3O2/c1-12-15(6-7-17-8-10-20-3)13(2)19-16(18-12)11-14-5-4-9-21-14/h14,17H,4-11H2,1-3H3. The Balaban J connectivity index is 1.89. The molecule has 1 aliphatic rings. The van der Waals surface area contributed by atoms with Crippen molar-refractivity contribution in [3.63, 3.8) is 0 Å². The van der Waals surface area contributed by atoms with Gasteiger partial charge in [0.2, 0.25) is 0 Å².